The Balaban J connectivity index is 2.47. The number of hydrogen-bond donors (Lipinski definition) is 1. The maximum absolute atomic E-state index is 11.9. The third-order valence-corrected chi connectivity index (χ3v) is 2.90. The molecule has 0 aliphatic heterocycles. The highest BCUT2D eigenvalue weighted by Gasteiger charge is 2.15. The summed E-state index contributed by atoms with van der Waals surface area (Å²) < 4.78 is 0. The Labute approximate surface area is 115 Å². The normalized spacial score (nSPS) is 10.7. The van der Waals surface area contributed by atoms with Crippen molar-refractivity contribution in [2.24, 2.45) is 0 Å². The zero-order chi connectivity index (χ0) is 14.1. The highest BCUT2D eigenvalue weighted by atomic mass is 16.5. The molecule has 0 bridgehead atoms. The number of rotatable bonds is 8. The summed E-state index contributed by atoms with van der Waals surface area (Å²) >= 11 is 0. The summed E-state index contributed by atoms with van der Waals surface area (Å²) in [6.07, 6.45) is 2.02. The molecule has 1 amide bonds. The molecule has 0 radical (unpaired) electrons. The van der Waals surface area contributed by atoms with Gasteiger partial charge in [0.25, 0.3) is 5.91 Å². The first-order chi connectivity index (χ1) is 9.17. The molecule has 0 spiro atoms. The van der Waals surface area contributed by atoms with E-state index >= 15 is 0 Å². The maximum Gasteiger partial charge on any atom is 0.260 e. The first-order valence-electron chi connectivity index (χ1n) is 6.92. The number of carbonyl (C=O) groups is 1. The van der Waals surface area contributed by atoms with Crippen molar-refractivity contribution in [2.45, 2.75) is 33.2 Å². The smallest absolute Gasteiger partial charge is 0.260 e. The van der Waals surface area contributed by atoms with Crippen molar-refractivity contribution < 1.29 is 10.0 Å². The average Bonchev–Trinajstić information content (AvgIpc) is 2.40. The molecule has 0 unspecified atom stereocenters. The van der Waals surface area contributed by atoms with Gasteiger partial charge in [-0.1, -0.05) is 44.2 Å². The lowest BCUT2D eigenvalue weighted by Gasteiger charge is -2.23. The molecule has 1 N–H and O–H groups in total. The molecule has 1 aromatic carbocycles. The fourth-order valence-corrected chi connectivity index (χ4v) is 2.02. The fraction of sp³-hybridized carbons (Fsp3) is 0.533. The van der Waals surface area contributed by atoms with E-state index in [1.807, 2.05) is 30.3 Å². The Morgan fingerprint density at radius 2 is 1.68 bits per heavy atom. The van der Waals surface area contributed by atoms with Gasteiger partial charge in [0.2, 0.25) is 0 Å². The van der Waals surface area contributed by atoms with Gasteiger partial charge in [-0.2, -0.15) is 0 Å². The van der Waals surface area contributed by atoms with Crippen LogP contribution in [-0.2, 0) is 11.3 Å². The summed E-state index contributed by atoms with van der Waals surface area (Å²) in [6, 6.07) is 9.50. The predicted octanol–water partition coefficient (Wildman–Crippen LogP) is 2.53. The van der Waals surface area contributed by atoms with Crippen molar-refractivity contribution in [1.82, 2.24) is 9.96 Å². The number of benzene rings is 1. The lowest BCUT2D eigenvalue weighted by molar-refractivity contribution is -0.169. The maximum atomic E-state index is 11.9. The van der Waals surface area contributed by atoms with Crippen molar-refractivity contribution in [3.8, 4) is 0 Å². The largest absolute Gasteiger partial charge is 0.294 e. The molecule has 4 heteroatoms. The molecule has 0 saturated heterocycles. The highest BCUT2D eigenvalue weighted by molar-refractivity contribution is 5.77. The van der Waals surface area contributed by atoms with E-state index in [1.54, 1.807) is 0 Å². The summed E-state index contributed by atoms with van der Waals surface area (Å²) in [5, 5.41) is 10.6. The predicted molar refractivity (Wildman–Crippen MR) is 75.8 cm³/mol. The van der Waals surface area contributed by atoms with Crippen LogP contribution in [0.1, 0.15) is 32.3 Å². The second-order valence-electron chi connectivity index (χ2n) is 4.71. The molecule has 4 nitrogen and oxygen atoms in total. The van der Waals surface area contributed by atoms with Gasteiger partial charge in [0.1, 0.15) is 0 Å². The van der Waals surface area contributed by atoms with Gasteiger partial charge < -0.3 is 0 Å². The number of hydrogen-bond acceptors (Lipinski definition) is 3. The minimum absolute atomic E-state index is 0.242. The van der Waals surface area contributed by atoms with Gasteiger partial charge in [0, 0.05) is 0 Å². The molecule has 0 aliphatic carbocycles. The lowest BCUT2D eigenvalue weighted by atomic mass is 10.2. The number of nitrogens with zero attached hydrogens (tertiary/aromatic N) is 2. The molecule has 0 heterocycles. The third-order valence-electron chi connectivity index (χ3n) is 2.90. The zero-order valence-corrected chi connectivity index (χ0v) is 11.9. The van der Waals surface area contributed by atoms with Crippen molar-refractivity contribution in [3.05, 3.63) is 35.9 Å². The van der Waals surface area contributed by atoms with Crippen LogP contribution >= 0.6 is 0 Å². The summed E-state index contributed by atoms with van der Waals surface area (Å²) in [6.45, 7) is 6.48. The third kappa shape index (κ3) is 5.85. The van der Waals surface area contributed by atoms with Gasteiger partial charge in [-0.15, -0.1) is 0 Å². The van der Waals surface area contributed by atoms with Crippen LogP contribution in [0, 0.1) is 0 Å². The fourth-order valence-electron chi connectivity index (χ4n) is 2.02. The molecule has 0 fully saturated rings. The monoisotopic (exact) mass is 264 g/mol. The first-order valence-corrected chi connectivity index (χ1v) is 6.92. The van der Waals surface area contributed by atoms with Crippen LogP contribution in [-0.4, -0.2) is 40.7 Å². The minimum atomic E-state index is -0.245. The zero-order valence-electron chi connectivity index (χ0n) is 11.9. The van der Waals surface area contributed by atoms with E-state index in [0.717, 1.165) is 36.6 Å². The molecule has 106 valence electrons. The van der Waals surface area contributed by atoms with Crippen molar-refractivity contribution in [1.29, 1.82) is 0 Å². The van der Waals surface area contributed by atoms with Gasteiger partial charge in [-0.3, -0.25) is 14.9 Å². The van der Waals surface area contributed by atoms with Gasteiger partial charge in [0.15, 0.2) is 0 Å². The molecular weight excluding hydrogens is 240 g/mol. The minimum Gasteiger partial charge on any atom is -0.294 e. The van der Waals surface area contributed by atoms with Crippen LogP contribution < -0.4 is 0 Å². The van der Waals surface area contributed by atoms with Crippen LogP contribution in [0.3, 0.4) is 0 Å². The summed E-state index contributed by atoms with van der Waals surface area (Å²) in [7, 11) is 0. The molecule has 19 heavy (non-hydrogen) atoms. The Hall–Kier alpha value is -1.39. The van der Waals surface area contributed by atoms with E-state index in [0.29, 0.717) is 0 Å². The van der Waals surface area contributed by atoms with E-state index in [4.69, 9.17) is 0 Å². The van der Waals surface area contributed by atoms with Crippen LogP contribution in [0.15, 0.2) is 30.3 Å². The van der Waals surface area contributed by atoms with Crippen LogP contribution in [0.5, 0.6) is 0 Å². The van der Waals surface area contributed by atoms with E-state index in [1.165, 1.54) is 0 Å². The second kappa shape index (κ2) is 8.67. The van der Waals surface area contributed by atoms with E-state index in [9.17, 15) is 10.0 Å². The molecule has 0 aliphatic rings. The van der Waals surface area contributed by atoms with Gasteiger partial charge in [0.05, 0.1) is 13.1 Å². The van der Waals surface area contributed by atoms with Crippen LogP contribution in [0.25, 0.3) is 0 Å². The quantitative estimate of drug-likeness (QED) is 0.579. The molecule has 0 aromatic heterocycles. The Morgan fingerprint density at radius 3 is 2.21 bits per heavy atom. The second-order valence-corrected chi connectivity index (χ2v) is 4.71. The van der Waals surface area contributed by atoms with Crippen molar-refractivity contribution in [3.63, 3.8) is 0 Å². The van der Waals surface area contributed by atoms with Crippen molar-refractivity contribution >= 4 is 5.91 Å². The van der Waals surface area contributed by atoms with Crippen LogP contribution in [0.4, 0.5) is 0 Å². The number of amides is 1. The van der Waals surface area contributed by atoms with Gasteiger partial charge in [-0.25, -0.2) is 5.06 Å². The highest BCUT2D eigenvalue weighted by Crippen LogP contribution is 2.04. The lowest BCUT2D eigenvalue weighted by Crippen LogP contribution is -2.39. The van der Waals surface area contributed by atoms with E-state index < -0.39 is 0 Å². The Bertz CT molecular complexity index is 362. The molecule has 1 rings (SSSR count). The number of carbonyl (C=O) groups excluding carboxylic acids is 1. The molecular formula is C15H24N2O2. The van der Waals surface area contributed by atoms with E-state index in [-0.39, 0.29) is 19.0 Å². The molecule has 0 saturated carbocycles. The molecule has 0 atom stereocenters. The SMILES string of the molecule is CCCN(CCC)CC(=O)N(O)Cc1ccccc1. The molecule has 1 aromatic rings. The van der Waals surface area contributed by atoms with Gasteiger partial charge in [-0.05, 0) is 31.5 Å². The topological polar surface area (TPSA) is 43.8 Å². The summed E-state index contributed by atoms with van der Waals surface area (Å²) in [4.78, 5) is 14.0. The standard InChI is InChI=1S/C15H24N2O2/c1-3-10-16(11-4-2)13-15(18)17(19)12-14-8-6-5-7-9-14/h5-9,19H,3-4,10-13H2,1-2H3. The Kier molecular flexibility index (Phi) is 7.15. The van der Waals surface area contributed by atoms with Gasteiger partial charge >= 0.3 is 0 Å². The summed E-state index contributed by atoms with van der Waals surface area (Å²) in [5.74, 6) is -0.245. The first kappa shape index (κ1) is 15.7. The summed E-state index contributed by atoms with van der Waals surface area (Å²) in [5.41, 5.74) is 0.927. The Morgan fingerprint density at radius 1 is 1.11 bits per heavy atom. The number of hydroxylamine groups is 2. The van der Waals surface area contributed by atoms with Crippen molar-refractivity contribution in [2.75, 3.05) is 19.6 Å². The average molecular weight is 264 g/mol. The van der Waals surface area contributed by atoms with E-state index in [2.05, 4.69) is 18.7 Å². The van der Waals surface area contributed by atoms with Crippen LogP contribution in [0.2, 0.25) is 0 Å².